The molecule has 0 saturated carbocycles. The first-order valence-electron chi connectivity index (χ1n) is 3.46. The van der Waals surface area contributed by atoms with Crippen LogP contribution in [-0.2, 0) is 0 Å². The van der Waals surface area contributed by atoms with Gasteiger partial charge in [-0.3, -0.25) is 0 Å². The fourth-order valence-electron chi connectivity index (χ4n) is 0.830. The minimum atomic E-state index is 0.514. The maximum Gasteiger partial charge on any atom is 0.0413 e. The van der Waals surface area contributed by atoms with Crippen molar-refractivity contribution >= 4 is 0 Å². The van der Waals surface area contributed by atoms with Crippen LogP contribution in [0.25, 0.3) is 0 Å². The quantitative estimate of drug-likeness (QED) is 0.561. The van der Waals surface area contributed by atoms with Gasteiger partial charge in [0.25, 0.3) is 0 Å². The van der Waals surface area contributed by atoms with Crippen molar-refractivity contribution in [2.45, 2.75) is 26.3 Å². The Labute approximate surface area is 56.5 Å². The van der Waals surface area contributed by atoms with Crippen molar-refractivity contribution in [3.05, 3.63) is 23.9 Å². The highest BCUT2D eigenvalue weighted by Crippen LogP contribution is 2.06. The number of allylic oxidation sites excluding steroid dienone is 2. The van der Waals surface area contributed by atoms with Crippen LogP contribution in [0.2, 0.25) is 0 Å². The van der Waals surface area contributed by atoms with E-state index in [4.69, 9.17) is 0 Å². The van der Waals surface area contributed by atoms with Crippen LogP contribution in [0.5, 0.6) is 0 Å². The highest BCUT2D eigenvalue weighted by atomic mass is 14.9. The zero-order valence-electron chi connectivity index (χ0n) is 6.02. The average molecular weight is 123 g/mol. The van der Waals surface area contributed by atoms with Crippen molar-refractivity contribution in [3.63, 3.8) is 0 Å². The molecule has 0 aromatic heterocycles. The Balaban J connectivity index is 2.52. The van der Waals surface area contributed by atoms with Gasteiger partial charge in [0.1, 0.15) is 0 Å². The maximum absolute atomic E-state index is 3.23. The smallest absolute Gasteiger partial charge is 0.0413 e. The summed E-state index contributed by atoms with van der Waals surface area (Å²) in [5.74, 6) is 0. The van der Waals surface area contributed by atoms with Crippen LogP contribution < -0.4 is 5.32 Å². The van der Waals surface area contributed by atoms with Crippen molar-refractivity contribution in [1.29, 1.82) is 0 Å². The summed E-state index contributed by atoms with van der Waals surface area (Å²) in [5, 5.41) is 3.23. The van der Waals surface area contributed by atoms with Gasteiger partial charge in [-0.1, -0.05) is 19.1 Å². The van der Waals surface area contributed by atoms with Crippen molar-refractivity contribution < 1.29 is 0 Å². The molecule has 1 nitrogen and oxygen atoms in total. The summed E-state index contributed by atoms with van der Waals surface area (Å²) >= 11 is 0. The van der Waals surface area contributed by atoms with Gasteiger partial charge in [-0.2, -0.15) is 0 Å². The van der Waals surface area contributed by atoms with E-state index in [1.54, 1.807) is 0 Å². The van der Waals surface area contributed by atoms with E-state index in [2.05, 4.69) is 37.5 Å². The Morgan fingerprint density at radius 2 is 2.44 bits per heavy atom. The maximum atomic E-state index is 3.23. The molecule has 1 aliphatic heterocycles. The highest BCUT2D eigenvalue weighted by molar-refractivity contribution is 5.22. The summed E-state index contributed by atoms with van der Waals surface area (Å²) in [6.07, 6.45) is 7.57. The first-order valence-corrected chi connectivity index (χ1v) is 3.46. The van der Waals surface area contributed by atoms with Gasteiger partial charge < -0.3 is 5.32 Å². The zero-order chi connectivity index (χ0) is 6.69. The fourth-order valence-corrected chi connectivity index (χ4v) is 0.830. The first kappa shape index (κ1) is 6.40. The van der Waals surface area contributed by atoms with Crippen LogP contribution in [0.15, 0.2) is 23.9 Å². The Bertz CT molecular complexity index is 145. The molecule has 1 heterocycles. The minimum absolute atomic E-state index is 0.514. The van der Waals surface area contributed by atoms with Gasteiger partial charge in [0.2, 0.25) is 0 Å². The average Bonchev–Trinajstić information content (AvgIpc) is 1.90. The van der Waals surface area contributed by atoms with Crippen molar-refractivity contribution in [1.82, 2.24) is 5.32 Å². The Morgan fingerprint density at radius 1 is 1.67 bits per heavy atom. The fraction of sp³-hybridized carbons (Fsp3) is 0.500. The number of nitrogens with one attached hydrogen (secondary N) is 1. The summed E-state index contributed by atoms with van der Waals surface area (Å²) in [6, 6.07) is 0.514. The van der Waals surface area contributed by atoms with Crippen LogP contribution in [0.4, 0.5) is 0 Å². The molecule has 1 atom stereocenters. The number of dihydropyridines is 1. The topological polar surface area (TPSA) is 12.0 Å². The lowest BCUT2D eigenvalue weighted by molar-refractivity contribution is 0.748. The predicted octanol–water partition coefficient (Wildman–Crippen LogP) is 1.83. The summed E-state index contributed by atoms with van der Waals surface area (Å²) in [4.78, 5) is 0. The lowest BCUT2D eigenvalue weighted by Gasteiger charge is -2.12. The third kappa shape index (κ3) is 1.60. The standard InChI is InChI=1S/C8H13N/c1-3-8-5-4-7(2)9-6-8/h4-7,9H,3H2,1-2H3/t7-/m1/s1. The molecule has 1 N–H and O–H groups in total. The molecular weight excluding hydrogens is 110 g/mol. The largest absolute Gasteiger partial charge is 0.385 e. The van der Waals surface area contributed by atoms with E-state index < -0.39 is 0 Å². The summed E-state index contributed by atoms with van der Waals surface area (Å²) in [7, 11) is 0. The van der Waals surface area contributed by atoms with E-state index in [0.717, 1.165) is 6.42 Å². The highest BCUT2D eigenvalue weighted by Gasteiger charge is 1.98. The molecule has 0 aromatic rings. The van der Waals surface area contributed by atoms with E-state index in [1.165, 1.54) is 5.57 Å². The molecule has 1 aliphatic rings. The van der Waals surface area contributed by atoms with Crippen LogP contribution in [-0.4, -0.2) is 6.04 Å². The van der Waals surface area contributed by atoms with Crippen LogP contribution in [0.3, 0.4) is 0 Å². The summed E-state index contributed by atoms with van der Waals surface area (Å²) in [5.41, 5.74) is 1.38. The normalized spacial score (nSPS) is 25.1. The second-order valence-electron chi connectivity index (χ2n) is 2.39. The first-order chi connectivity index (χ1) is 4.33. The molecule has 0 aliphatic carbocycles. The van der Waals surface area contributed by atoms with Gasteiger partial charge in [-0.05, 0) is 18.9 Å². The lowest BCUT2D eigenvalue weighted by atomic mass is 10.1. The van der Waals surface area contributed by atoms with Gasteiger partial charge in [0, 0.05) is 12.2 Å². The Hall–Kier alpha value is -0.720. The molecule has 0 bridgehead atoms. The second kappa shape index (κ2) is 2.72. The SMILES string of the molecule is CCC1=CN[C@H](C)C=C1. The van der Waals surface area contributed by atoms with Gasteiger partial charge in [-0.25, -0.2) is 0 Å². The second-order valence-corrected chi connectivity index (χ2v) is 2.39. The van der Waals surface area contributed by atoms with Gasteiger partial charge >= 0.3 is 0 Å². The summed E-state index contributed by atoms with van der Waals surface area (Å²) < 4.78 is 0. The van der Waals surface area contributed by atoms with E-state index in [0.29, 0.717) is 6.04 Å². The molecule has 0 spiro atoms. The third-order valence-electron chi connectivity index (χ3n) is 1.54. The van der Waals surface area contributed by atoms with Gasteiger partial charge in [0.05, 0.1) is 0 Å². The molecule has 1 rings (SSSR count). The number of hydrogen-bond donors (Lipinski definition) is 1. The molecule has 1 heteroatoms. The van der Waals surface area contributed by atoms with E-state index in [9.17, 15) is 0 Å². The number of hydrogen-bond acceptors (Lipinski definition) is 1. The Morgan fingerprint density at radius 3 is 2.89 bits per heavy atom. The van der Waals surface area contributed by atoms with Crippen LogP contribution in [0.1, 0.15) is 20.3 Å². The molecule has 50 valence electrons. The molecule has 0 radical (unpaired) electrons. The Kier molecular flexibility index (Phi) is 1.93. The summed E-state index contributed by atoms with van der Waals surface area (Å²) in [6.45, 7) is 4.30. The predicted molar refractivity (Wildman–Crippen MR) is 40.1 cm³/mol. The lowest BCUT2D eigenvalue weighted by Crippen LogP contribution is -2.20. The van der Waals surface area contributed by atoms with Crippen molar-refractivity contribution in [2.75, 3.05) is 0 Å². The molecule has 0 aromatic carbocycles. The van der Waals surface area contributed by atoms with Crippen molar-refractivity contribution in [3.8, 4) is 0 Å². The van der Waals surface area contributed by atoms with E-state index >= 15 is 0 Å². The van der Waals surface area contributed by atoms with E-state index in [-0.39, 0.29) is 0 Å². The molecular formula is C8H13N. The monoisotopic (exact) mass is 123 g/mol. The van der Waals surface area contributed by atoms with Crippen molar-refractivity contribution in [2.24, 2.45) is 0 Å². The molecule has 0 unspecified atom stereocenters. The molecule has 9 heavy (non-hydrogen) atoms. The van der Waals surface area contributed by atoms with Crippen LogP contribution >= 0.6 is 0 Å². The molecule has 0 amide bonds. The zero-order valence-corrected chi connectivity index (χ0v) is 6.02. The molecule has 0 fully saturated rings. The van der Waals surface area contributed by atoms with Gasteiger partial charge in [0.15, 0.2) is 0 Å². The van der Waals surface area contributed by atoms with Crippen LogP contribution in [0, 0.1) is 0 Å². The molecule has 0 saturated heterocycles. The van der Waals surface area contributed by atoms with Gasteiger partial charge in [-0.15, -0.1) is 0 Å². The minimum Gasteiger partial charge on any atom is -0.385 e. The third-order valence-corrected chi connectivity index (χ3v) is 1.54. The number of rotatable bonds is 1. The van der Waals surface area contributed by atoms with E-state index in [1.807, 2.05) is 0 Å².